The molecule has 1 atom stereocenters. The smallest absolute Gasteiger partial charge is 0.305 e. The number of aryl methyl sites for hydroxylation is 2. The lowest BCUT2D eigenvalue weighted by Crippen LogP contribution is -2.50. The van der Waals surface area contributed by atoms with Gasteiger partial charge in [-0.15, -0.1) is 0 Å². The number of benzene rings is 1. The number of esters is 1. The van der Waals surface area contributed by atoms with E-state index < -0.39 is 0 Å². The summed E-state index contributed by atoms with van der Waals surface area (Å²) >= 11 is 0. The molecule has 0 aliphatic carbocycles. The molecule has 2 aliphatic rings. The predicted molar refractivity (Wildman–Crippen MR) is 121 cm³/mol. The van der Waals surface area contributed by atoms with E-state index in [-0.39, 0.29) is 17.8 Å². The third-order valence-corrected chi connectivity index (χ3v) is 7.14. The second kappa shape index (κ2) is 10.5. The predicted octanol–water partition coefficient (Wildman–Crippen LogP) is 3.45. The maximum absolute atomic E-state index is 13.0. The van der Waals surface area contributed by atoms with Crippen LogP contribution in [0.4, 0.5) is 0 Å². The zero-order chi connectivity index (χ0) is 22.5. The lowest BCUT2D eigenvalue weighted by Gasteiger charge is -2.42. The molecule has 2 fully saturated rings. The van der Waals surface area contributed by atoms with Crippen molar-refractivity contribution in [3.05, 3.63) is 28.8 Å². The molecule has 1 aromatic carbocycles. The van der Waals surface area contributed by atoms with E-state index in [1.54, 1.807) is 0 Å². The quantitative estimate of drug-likeness (QED) is 0.700. The van der Waals surface area contributed by atoms with Crippen LogP contribution in [0.15, 0.2) is 12.1 Å². The second-order valence-electron chi connectivity index (χ2n) is 9.50. The maximum atomic E-state index is 13.0. The summed E-state index contributed by atoms with van der Waals surface area (Å²) in [6, 6.07) is 4.52. The SMILES string of the molecule is COC(=O)CC1CCN(C2CCN(C(=O)[C@H](C)Cc3cc(C)c(O)c(C)c3)CC2)CC1. The summed E-state index contributed by atoms with van der Waals surface area (Å²) < 4.78 is 4.80. The molecule has 0 saturated carbocycles. The Kier molecular flexibility index (Phi) is 7.98. The zero-order valence-corrected chi connectivity index (χ0v) is 19.5. The number of likely N-dealkylation sites (tertiary alicyclic amines) is 2. The molecule has 172 valence electrons. The fraction of sp³-hybridized carbons (Fsp3) is 0.680. The average molecular weight is 431 g/mol. The van der Waals surface area contributed by atoms with Crippen LogP contribution in [0.1, 0.15) is 55.7 Å². The number of amides is 1. The monoisotopic (exact) mass is 430 g/mol. The largest absolute Gasteiger partial charge is 0.507 e. The highest BCUT2D eigenvalue weighted by molar-refractivity contribution is 5.79. The first-order valence-electron chi connectivity index (χ1n) is 11.7. The minimum absolute atomic E-state index is 0.0611. The number of ether oxygens (including phenoxy) is 1. The van der Waals surface area contributed by atoms with Crippen molar-refractivity contribution in [1.82, 2.24) is 9.80 Å². The number of carbonyl (C=O) groups is 2. The van der Waals surface area contributed by atoms with Crippen LogP contribution < -0.4 is 0 Å². The maximum Gasteiger partial charge on any atom is 0.305 e. The number of phenolic OH excluding ortho intramolecular Hbond substituents is 1. The fourth-order valence-electron chi connectivity index (χ4n) is 5.21. The fourth-order valence-corrected chi connectivity index (χ4v) is 5.21. The van der Waals surface area contributed by atoms with Gasteiger partial charge >= 0.3 is 5.97 Å². The van der Waals surface area contributed by atoms with Crippen LogP contribution in [-0.4, -0.2) is 66.1 Å². The van der Waals surface area contributed by atoms with Crippen molar-refractivity contribution in [2.45, 2.75) is 65.3 Å². The highest BCUT2D eigenvalue weighted by Gasteiger charge is 2.31. The summed E-state index contributed by atoms with van der Waals surface area (Å²) in [5, 5.41) is 9.97. The van der Waals surface area contributed by atoms with Crippen LogP contribution in [0.3, 0.4) is 0 Å². The van der Waals surface area contributed by atoms with Crippen molar-refractivity contribution in [3.8, 4) is 5.75 Å². The Bertz CT molecular complexity index is 755. The van der Waals surface area contributed by atoms with Crippen LogP contribution in [-0.2, 0) is 20.7 Å². The van der Waals surface area contributed by atoms with Gasteiger partial charge in [-0.05, 0) is 81.6 Å². The van der Waals surface area contributed by atoms with Gasteiger partial charge in [-0.25, -0.2) is 0 Å². The molecule has 0 unspecified atom stereocenters. The van der Waals surface area contributed by atoms with Crippen molar-refractivity contribution in [1.29, 1.82) is 0 Å². The molecule has 3 rings (SSSR count). The first-order valence-corrected chi connectivity index (χ1v) is 11.7. The van der Waals surface area contributed by atoms with Gasteiger partial charge in [0, 0.05) is 31.5 Å². The van der Waals surface area contributed by atoms with E-state index in [1.807, 2.05) is 37.8 Å². The molecule has 1 N–H and O–H groups in total. The van der Waals surface area contributed by atoms with Crippen molar-refractivity contribution < 1.29 is 19.4 Å². The standard InChI is InChI=1S/C25H38N2O4/c1-17-13-21(14-18(2)24(17)29)15-19(3)25(30)27-11-7-22(8-12-27)26-9-5-20(6-10-26)16-23(28)31-4/h13-14,19-20,22,29H,5-12,15-16H2,1-4H3/t19-/m1/s1. The lowest BCUT2D eigenvalue weighted by atomic mass is 9.91. The molecule has 2 heterocycles. The Morgan fingerprint density at radius 1 is 1.06 bits per heavy atom. The lowest BCUT2D eigenvalue weighted by molar-refractivity contribution is -0.142. The molecule has 31 heavy (non-hydrogen) atoms. The van der Waals surface area contributed by atoms with E-state index >= 15 is 0 Å². The van der Waals surface area contributed by atoms with Gasteiger partial charge in [0.15, 0.2) is 0 Å². The van der Waals surface area contributed by atoms with E-state index in [9.17, 15) is 14.7 Å². The molecular formula is C25H38N2O4. The summed E-state index contributed by atoms with van der Waals surface area (Å²) in [5.41, 5.74) is 2.84. The number of methoxy groups -OCH3 is 1. The molecule has 2 aliphatic heterocycles. The summed E-state index contributed by atoms with van der Waals surface area (Å²) in [5.74, 6) is 0.863. The second-order valence-corrected chi connectivity index (χ2v) is 9.50. The Morgan fingerprint density at radius 3 is 2.19 bits per heavy atom. The van der Waals surface area contributed by atoms with Crippen LogP contribution in [0, 0.1) is 25.7 Å². The van der Waals surface area contributed by atoms with Crippen molar-refractivity contribution in [2.75, 3.05) is 33.3 Å². The number of hydrogen-bond acceptors (Lipinski definition) is 5. The van der Waals surface area contributed by atoms with Gasteiger partial charge in [-0.3, -0.25) is 9.59 Å². The molecule has 6 heteroatoms. The van der Waals surface area contributed by atoms with Crippen molar-refractivity contribution in [2.24, 2.45) is 11.8 Å². The minimum Gasteiger partial charge on any atom is -0.507 e. The number of rotatable bonds is 6. The third-order valence-electron chi connectivity index (χ3n) is 7.14. The Balaban J connectivity index is 1.45. The number of phenols is 1. The van der Waals surface area contributed by atoms with Gasteiger partial charge in [0.25, 0.3) is 0 Å². The van der Waals surface area contributed by atoms with E-state index in [0.29, 0.717) is 30.6 Å². The topological polar surface area (TPSA) is 70.1 Å². The van der Waals surface area contributed by atoms with Gasteiger partial charge < -0.3 is 19.6 Å². The summed E-state index contributed by atoms with van der Waals surface area (Å²) in [4.78, 5) is 29.1. The summed E-state index contributed by atoms with van der Waals surface area (Å²) in [6.45, 7) is 9.54. The number of nitrogens with zero attached hydrogens (tertiary/aromatic N) is 2. The molecular weight excluding hydrogens is 392 g/mol. The molecule has 1 amide bonds. The number of aromatic hydroxyl groups is 1. The first kappa shape index (κ1) is 23.6. The minimum atomic E-state index is -0.1000. The van der Waals surface area contributed by atoms with Crippen LogP contribution in [0.25, 0.3) is 0 Å². The average Bonchev–Trinajstić information content (AvgIpc) is 2.77. The molecule has 2 saturated heterocycles. The highest BCUT2D eigenvalue weighted by atomic mass is 16.5. The highest BCUT2D eigenvalue weighted by Crippen LogP contribution is 2.28. The van der Waals surface area contributed by atoms with Crippen LogP contribution in [0.2, 0.25) is 0 Å². The first-order chi connectivity index (χ1) is 14.8. The van der Waals surface area contributed by atoms with Crippen molar-refractivity contribution >= 4 is 11.9 Å². The van der Waals surface area contributed by atoms with E-state index in [0.717, 1.165) is 68.6 Å². The Hall–Kier alpha value is -2.08. The van der Waals surface area contributed by atoms with E-state index in [1.165, 1.54) is 7.11 Å². The molecule has 0 spiro atoms. The molecule has 0 radical (unpaired) electrons. The van der Waals surface area contributed by atoms with Gasteiger partial charge in [0.1, 0.15) is 5.75 Å². The van der Waals surface area contributed by atoms with Gasteiger partial charge in [-0.2, -0.15) is 0 Å². The number of carbonyl (C=O) groups excluding carboxylic acids is 2. The van der Waals surface area contributed by atoms with E-state index in [4.69, 9.17) is 4.74 Å². The molecule has 0 aromatic heterocycles. The molecule has 6 nitrogen and oxygen atoms in total. The Labute approximate surface area is 186 Å². The van der Waals surface area contributed by atoms with E-state index in [2.05, 4.69) is 4.90 Å². The summed E-state index contributed by atoms with van der Waals surface area (Å²) in [7, 11) is 1.46. The normalized spacial score (nSPS) is 19.9. The van der Waals surface area contributed by atoms with Crippen molar-refractivity contribution in [3.63, 3.8) is 0 Å². The van der Waals surface area contributed by atoms with Crippen LogP contribution in [0.5, 0.6) is 5.75 Å². The summed E-state index contributed by atoms with van der Waals surface area (Å²) in [6.07, 6.45) is 5.40. The van der Waals surface area contributed by atoms with Gasteiger partial charge in [-0.1, -0.05) is 19.1 Å². The third kappa shape index (κ3) is 6.00. The number of piperidine rings is 2. The zero-order valence-electron chi connectivity index (χ0n) is 19.5. The molecule has 1 aromatic rings. The van der Waals surface area contributed by atoms with Crippen LogP contribution >= 0.6 is 0 Å². The van der Waals surface area contributed by atoms with Gasteiger partial charge in [0.2, 0.25) is 5.91 Å². The molecule has 0 bridgehead atoms. The van der Waals surface area contributed by atoms with Gasteiger partial charge in [0.05, 0.1) is 7.11 Å². The Morgan fingerprint density at radius 2 is 1.65 bits per heavy atom. The number of hydrogen-bond donors (Lipinski definition) is 1.